The fraction of sp³-hybridized carbons (Fsp3) is 0.333. The molecule has 2 aromatic carbocycles. The normalized spacial score (nSPS) is 17.4. The molecule has 10 heteroatoms. The number of alkyl halides is 3. The number of nitrogens with zero attached hydrogens (tertiary/aromatic N) is 3. The zero-order valence-electron chi connectivity index (χ0n) is 18.0. The van der Waals surface area contributed by atoms with Crippen molar-refractivity contribution in [3.8, 4) is 6.07 Å². The molecule has 0 atom stereocenters. The van der Waals surface area contributed by atoms with Crippen molar-refractivity contribution in [2.75, 3.05) is 11.9 Å². The minimum absolute atomic E-state index is 0.171. The molecule has 1 heterocycles. The van der Waals surface area contributed by atoms with Gasteiger partial charge in [-0.15, -0.1) is 0 Å². The molecule has 2 aliphatic rings. The molecule has 2 amide bonds. The van der Waals surface area contributed by atoms with Gasteiger partial charge in [-0.3, -0.25) is 14.6 Å². The van der Waals surface area contributed by atoms with E-state index >= 15 is 0 Å². The van der Waals surface area contributed by atoms with Gasteiger partial charge in [0.15, 0.2) is 0 Å². The van der Waals surface area contributed by atoms with Crippen molar-refractivity contribution in [2.45, 2.75) is 43.9 Å². The standard InChI is InChI=1S/C24H20F4N4O2/c25-18-10-17(24(26,27)28)11-19(12-18)30-20(33)14-32-22(34)21(16-6-4-15(13-29)5-7-16)31-23(32)8-2-1-3-9-23/h4-7,10-12H,1-3,8-9,14H2,(H,30,33). The largest absolute Gasteiger partial charge is 0.416 e. The molecule has 0 saturated heterocycles. The minimum Gasteiger partial charge on any atom is -0.324 e. The zero-order valence-corrected chi connectivity index (χ0v) is 18.0. The summed E-state index contributed by atoms with van der Waals surface area (Å²) < 4.78 is 52.7. The van der Waals surface area contributed by atoms with Crippen LogP contribution in [0.1, 0.15) is 48.8 Å². The number of amides is 2. The predicted octanol–water partition coefficient (Wildman–Crippen LogP) is 4.65. The maximum atomic E-state index is 13.7. The van der Waals surface area contributed by atoms with Crippen LogP contribution in [0.15, 0.2) is 47.5 Å². The summed E-state index contributed by atoms with van der Waals surface area (Å²) in [5, 5.41) is 11.3. The highest BCUT2D eigenvalue weighted by atomic mass is 19.4. The molecule has 1 fully saturated rings. The molecule has 1 aliphatic carbocycles. The Labute approximate surface area is 192 Å². The molecule has 6 nitrogen and oxygen atoms in total. The summed E-state index contributed by atoms with van der Waals surface area (Å²) in [6, 6.07) is 10.1. The van der Waals surface area contributed by atoms with Crippen molar-refractivity contribution in [1.82, 2.24) is 4.90 Å². The third kappa shape index (κ3) is 4.64. The first-order chi connectivity index (χ1) is 16.1. The highest BCUT2D eigenvalue weighted by Gasteiger charge is 2.48. The van der Waals surface area contributed by atoms with Crippen molar-refractivity contribution in [3.63, 3.8) is 0 Å². The fourth-order valence-electron chi connectivity index (χ4n) is 4.41. The summed E-state index contributed by atoms with van der Waals surface area (Å²) in [6.45, 7) is -0.444. The van der Waals surface area contributed by atoms with Crippen LogP contribution in [0, 0.1) is 17.1 Å². The minimum atomic E-state index is -4.78. The number of benzene rings is 2. The zero-order chi connectivity index (χ0) is 24.5. The second-order valence-electron chi connectivity index (χ2n) is 8.36. The van der Waals surface area contributed by atoms with Gasteiger partial charge in [-0.1, -0.05) is 18.6 Å². The van der Waals surface area contributed by atoms with Gasteiger partial charge in [-0.05, 0) is 56.0 Å². The van der Waals surface area contributed by atoms with Crippen LogP contribution in [0.5, 0.6) is 0 Å². The van der Waals surface area contributed by atoms with Crippen LogP contribution < -0.4 is 5.32 Å². The van der Waals surface area contributed by atoms with Crippen molar-refractivity contribution < 1.29 is 27.2 Å². The van der Waals surface area contributed by atoms with Crippen LogP contribution in [0.4, 0.5) is 23.2 Å². The SMILES string of the molecule is N#Cc1ccc(C2=NC3(CCCCC3)N(CC(=O)Nc3cc(F)cc(C(F)(F)F)c3)C2=O)cc1. The van der Waals surface area contributed by atoms with Crippen LogP contribution in [0.25, 0.3) is 0 Å². The lowest BCUT2D eigenvalue weighted by Gasteiger charge is -2.38. The predicted molar refractivity (Wildman–Crippen MR) is 115 cm³/mol. The van der Waals surface area contributed by atoms with Crippen molar-refractivity contribution >= 4 is 23.2 Å². The van der Waals surface area contributed by atoms with Crippen LogP contribution in [-0.4, -0.2) is 34.6 Å². The van der Waals surface area contributed by atoms with Gasteiger partial charge in [0.2, 0.25) is 5.91 Å². The molecule has 1 spiro atoms. The quantitative estimate of drug-likeness (QED) is 0.658. The molecule has 1 aliphatic heterocycles. The molecule has 4 rings (SSSR count). The van der Waals surface area contributed by atoms with E-state index in [1.54, 1.807) is 24.3 Å². The van der Waals surface area contributed by atoms with E-state index in [0.29, 0.717) is 36.1 Å². The first kappa shape index (κ1) is 23.4. The summed E-state index contributed by atoms with van der Waals surface area (Å²) in [7, 11) is 0. The van der Waals surface area contributed by atoms with Gasteiger partial charge in [0.05, 0.1) is 17.2 Å². The molecule has 0 bridgehead atoms. The van der Waals surface area contributed by atoms with E-state index in [2.05, 4.69) is 5.32 Å². The Morgan fingerprint density at radius 3 is 2.41 bits per heavy atom. The lowest BCUT2D eigenvalue weighted by atomic mass is 9.88. The second kappa shape index (κ2) is 8.89. The van der Waals surface area contributed by atoms with Crippen molar-refractivity contribution in [2.24, 2.45) is 4.99 Å². The second-order valence-corrected chi connectivity index (χ2v) is 8.36. The lowest BCUT2D eigenvalue weighted by molar-refractivity contribution is -0.137. The maximum Gasteiger partial charge on any atom is 0.416 e. The Morgan fingerprint density at radius 2 is 1.79 bits per heavy atom. The highest BCUT2D eigenvalue weighted by Crippen LogP contribution is 2.39. The number of carbonyl (C=O) groups is 2. The Balaban J connectivity index is 1.58. The Bertz CT molecular complexity index is 1190. The van der Waals surface area contributed by atoms with Crippen LogP contribution in [-0.2, 0) is 15.8 Å². The van der Waals surface area contributed by atoms with E-state index in [0.717, 1.165) is 25.3 Å². The average Bonchev–Trinajstić information content (AvgIpc) is 3.04. The molecule has 34 heavy (non-hydrogen) atoms. The summed E-state index contributed by atoms with van der Waals surface area (Å²) in [5.74, 6) is -2.37. The van der Waals surface area contributed by atoms with Crippen LogP contribution in [0.2, 0.25) is 0 Å². The smallest absolute Gasteiger partial charge is 0.324 e. The number of halogens is 4. The first-order valence-electron chi connectivity index (χ1n) is 10.7. The number of hydrogen-bond acceptors (Lipinski definition) is 4. The maximum absolute atomic E-state index is 13.7. The van der Waals surface area contributed by atoms with E-state index in [9.17, 15) is 27.2 Å². The van der Waals surface area contributed by atoms with E-state index < -0.39 is 41.6 Å². The van der Waals surface area contributed by atoms with Gasteiger partial charge in [-0.2, -0.15) is 18.4 Å². The van der Waals surface area contributed by atoms with Gasteiger partial charge in [0, 0.05) is 11.3 Å². The number of anilines is 1. The monoisotopic (exact) mass is 472 g/mol. The van der Waals surface area contributed by atoms with Crippen LogP contribution in [0.3, 0.4) is 0 Å². The van der Waals surface area contributed by atoms with Crippen molar-refractivity contribution in [1.29, 1.82) is 5.26 Å². The summed E-state index contributed by atoms with van der Waals surface area (Å²) in [5.41, 5.74) is -1.40. The fourth-order valence-corrected chi connectivity index (χ4v) is 4.41. The summed E-state index contributed by atoms with van der Waals surface area (Å²) in [6.07, 6.45) is -1.12. The van der Waals surface area contributed by atoms with Gasteiger partial charge in [0.25, 0.3) is 5.91 Å². The van der Waals surface area contributed by atoms with E-state index in [-0.39, 0.29) is 11.4 Å². The topological polar surface area (TPSA) is 85.6 Å². The molecule has 0 unspecified atom stereocenters. The lowest BCUT2D eigenvalue weighted by Crippen LogP contribution is -2.51. The van der Waals surface area contributed by atoms with E-state index in [1.165, 1.54) is 4.90 Å². The molecule has 1 N–H and O–H groups in total. The molecule has 0 radical (unpaired) electrons. The number of nitrogens with one attached hydrogen (secondary N) is 1. The molecule has 1 saturated carbocycles. The first-order valence-corrected chi connectivity index (χ1v) is 10.7. The van der Waals surface area contributed by atoms with Gasteiger partial charge in [0.1, 0.15) is 23.7 Å². The van der Waals surface area contributed by atoms with E-state index in [1.807, 2.05) is 6.07 Å². The number of hydrogen-bond donors (Lipinski definition) is 1. The molecule has 176 valence electrons. The third-order valence-corrected chi connectivity index (χ3v) is 6.02. The molecular weight excluding hydrogens is 452 g/mol. The van der Waals surface area contributed by atoms with Crippen molar-refractivity contribution in [3.05, 3.63) is 65.0 Å². The number of nitriles is 1. The average molecular weight is 472 g/mol. The summed E-state index contributed by atoms with van der Waals surface area (Å²) in [4.78, 5) is 32.1. The molecule has 0 aromatic heterocycles. The Kier molecular flexibility index (Phi) is 6.13. The van der Waals surface area contributed by atoms with Gasteiger partial charge in [-0.25, -0.2) is 4.39 Å². The number of rotatable bonds is 4. The number of carbonyl (C=O) groups excluding carboxylic acids is 2. The Morgan fingerprint density at radius 1 is 1.12 bits per heavy atom. The van der Waals surface area contributed by atoms with Gasteiger partial charge < -0.3 is 10.2 Å². The summed E-state index contributed by atoms with van der Waals surface area (Å²) >= 11 is 0. The molecular formula is C24H20F4N4O2. The highest BCUT2D eigenvalue weighted by molar-refractivity contribution is 6.47. The Hall–Kier alpha value is -3.74. The molecule has 2 aromatic rings. The van der Waals surface area contributed by atoms with Gasteiger partial charge >= 0.3 is 6.18 Å². The van der Waals surface area contributed by atoms with E-state index in [4.69, 9.17) is 10.3 Å². The number of aliphatic imine (C=N–C) groups is 1. The van der Waals surface area contributed by atoms with Crippen LogP contribution >= 0.6 is 0 Å². The third-order valence-electron chi connectivity index (χ3n) is 6.02.